The quantitative estimate of drug-likeness (QED) is 0.733. The third kappa shape index (κ3) is 2.32. The average Bonchev–Trinajstić information content (AvgIpc) is 2.42. The van der Waals surface area contributed by atoms with Crippen LogP contribution in [0.2, 0.25) is 0 Å². The third-order valence-corrected chi connectivity index (χ3v) is 4.48. The maximum Gasteiger partial charge on any atom is 0.155 e. The molecule has 0 aromatic rings. The van der Waals surface area contributed by atoms with Crippen LogP contribution in [0.1, 0.15) is 58.8 Å². The van der Waals surface area contributed by atoms with Gasteiger partial charge in [0.1, 0.15) is 0 Å². The Morgan fingerprint density at radius 1 is 1.00 bits per heavy atom. The number of ketones is 1. The van der Waals surface area contributed by atoms with Crippen molar-refractivity contribution in [2.45, 2.75) is 64.3 Å². The first-order valence-corrected chi connectivity index (χ1v) is 6.92. The predicted octanol–water partition coefficient (Wildman–Crippen LogP) is 3.01. The van der Waals surface area contributed by atoms with Gasteiger partial charge in [-0.3, -0.25) is 9.69 Å². The van der Waals surface area contributed by atoms with Crippen LogP contribution < -0.4 is 0 Å². The molecule has 0 aromatic heterocycles. The van der Waals surface area contributed by atoms with Crippen molar-refractivity contribution in [1.82, 2.24) is 4.90 Å². The predicted molar refractivity (Wildman–Crippen MR) is 66.5 cm³/mol. The zero-order chi connectivity index (χ0) is 11.6. The maximum atomic E-state index is 12.4. The van der Waals surface area contributed by atoms with Gasteiger partial charge in [-0.15, -0.1) is 0 Å². The molecule has 0 spiro atoms. The Morgan fingerprint density at radius 3 is 2.00 bits per heavy atom. The maximum absolute atomic E-state index is 12.4. The number of nitrogens with zero attached hydrogens (tertiary/aromatic N) is 1. The summed E-state index contributed by atoms with van der Waals surface area (Å²) in [6.45, 7) is 6.51. The van der Waals surface area contributed by atoms with Crippen LogP contribution in [0.4, 0.5) is 0 Å². The fourth-order valence-corrected chi connectivity index (χ4v) is 2.96. The first-order valence-electron chi connectivity index (χ1n) is 6.92. The van der Waals surface area contributed by atoms with E-state index in [4.69, 9.17) is 0 Å². The molecular formula is C14H25NO. The van der Waals surface area contributed by atoms with Crippen LogP contribution in [-0.2, 0) is 4.79 Å². The SMILES string of the molecule is CC(C)(C(=O)C1CCC1)N1CCCCCC1. The van der Waals surface area contributed by atoms with Crippen molar-refractivity contribution in [2.24, 2.45) is 5.92 Å². The molecule has 0 bridgehead atoms. The summed E-state index contributed by atoms with van der Waals surface area (Å²) in [6, 6.07) is 0. The minimum Gasteiger partial charge on any atom is -0.297 e. The van der Waals surface area contributed by atoms with E-state index in [1.807, 2.05) is 0 Å². The summed E-state index contributed by atoms with van der Waals surface area (Å²) in [4.78, 5) is 14.8. The van der Waals surface area contributed by atoms with Crippen LogP contribution in [0.3, 0.4) is 0 Å². The summed E-state index contributed by atoms with van der Waals surface area (Å²) >= 11 is 0. The van der Waals surface area contributed by atoms with Gasteiger partial charge in [0.05, 0.1) is 5.54 Å². The monoisotopic (exact) mass is 223 g/mol. The van der Waals surface area contributed by atoms with E-state index in [9.17, 15) is 4.79 Å². The molecule has 0 atom stereocenters. The Kier molecular flexibility index (Phi) is 3.68. The zero-order valence-electron chi connectivity index (χ0n) is 10.8. The Bertz CT molecular complexity index is 247. The standard InChI is InChI=1S/C14H25NO/c1-14(2,13(16)12-8-7-9-12)15-10-5-3-4-6-11-15/h12H,3-11H2,1-2H3. The highest BCUT2D eigenvalue weighted by molar-refractivity contribution is 5.90. The number of likely N-dealkylation sites (tertiary alicyclic amines) is 1. The van der Waals surface area contributed by atoms with E-state index < -0.39 is 0 Å². The van der Waals surface area contributed by atoms with Crippen molar-refractivity contribution in [3.8, 4) is 0 Å². The summed E-state index contributed by atoms with van der Waals surface area (Å²) in [5, 5.41) is 0. The molecule has 2 heteroatoms. The molecule has 92 valence electrons. The molecule has 1 aliphatic carbocycles. The highest BCUT2D eigenvalue weighted by atomic mass is 16.1. The summed E-state index contributed by atoms with van der Waals surface area (Å²) in [5.74, 6) is 0.874. The van der Waals surface area contributed by atoms with Crippen molar-refractivity contribution >= 4 is 5.78 Å². The van der Waals surface area contributed by atoms with Gasteiger partial charge in [-0.2, -0.15) is 0 Å². The first kappa shape index (κ1) is 12.1. The van der Waals surface area contributed by atoms with Crippen LogP contribution in [0.25, 0.3) is 0 Å². The molecule has 16 heavy (non-hydrogen) atoms. The van der Waals surface area contributed by atoms with E-state index in [1.54, 1.807) is 0 Å². The number of carbonyl (C=O) groups excluding carboxylic acids is 1. The summed E-state index contributed by atoms with van der Waals surface area (Å²) < 4.78 is 0. The van der Waals surface area contributed by atoms with E-state index in [1.165, 1.54) is 32.1 Å². The molecule has 2 nitrogen and oxygen atoms in total. The van der Waals surface area contributed by atoms with E-state index in [2.05, 4.69) is 18.7 Å². The molecule has 1 saturated carbocycles. The van der Waals surface area contributed by atoms with Crippen molar-refractivity contribution in [2.75, 3.05) is 13.1 Å². The van der Waals surface area contributed by atoms with Crippen molar-refractivity contribution < 1.29 is 4.79 Å². The normalized spacial score (nSPS) is 24.9. The minimum absolute atomic E-state index is 0.213. The fraction of sp³-hybridized carbons (Fsp3) is 0.929. The Hall–Kier alpha value is -0.370. The molecule has 2 aliphatic rings. The van der Waals surface area contributed by atoms with Crippen LogP contribution in [0.15, 0.2) is 0 Å². The molecular weight excluding hydrogens is 198 g/mol. The molecule has 2 fully saturated rings. The molecule has 0 radical (unpaired) electrons. The Balaban J connectivity index is 2.00. The summed E-state index contributed by atoms with van der Waals surface area (Å²) in [5.41, 5.74) is -0.213. The lowest BCUT2D eigenvalue weighted by Crippen LogP contribution is -2.53. The number of Topliss-reactive ketones (excluding diaryl/α,β-unsaturated/α-hetero) is 1. The molecule has 2 rings (SSSR count). The molecule has 0 amide bonds. The van der Waals surface area contributed by atoms with Gasteiger partial charge in [0.25, 0.3) is 0 Å². The van der Waals surface area contributed by atoms with Crippen LogP contribution in [0.5, 0.6) is 0 Å². The second-order valence-electron chi connectivity index (χ2n) is 5.95. The van der Waals surface area contributed by atoms with Gasteiger partial charge in [0, 0.05) is 5.92 Å². The van der Waals surface area contributed by atoms with E-state index in [-0.39, 0.29) is 5.54 Å². The van der Waals surface area contributed by atoms with Gasteiger partial charge in [-0.1, -0.05) is 19.3 Å². The Labute approximate surface area is 99.4 Å². The van der Waals surface area contributed by atoms with Crippen LogP contribution >= 0.6 is 0 Å². The topological polar surface area (TPSA) is 20.3 Å². The Morgan fingerprint density at radius 2 is 1.56 bits per heavy atom. The van der Waals surface area contributed by atoms with Gasteiger partial charge in [0.15, 0.2) is 5.78 Å². The molecule has 0 unspecified atom stereocenters. The van der Waals surface area contributed by atoms with Crippen molar-refractivity contribution in [3.05, 3.63) is 0 Å². The van der Waals surface area contributed by atoms with Gasteiger partial charge in [-0.05, 0) is 52.6 Å². The fourth-order valence-electron chi connectivity index (χ4n) is 2.96. The average molecular weight is 223 g/mol. The number of hydrogen-bond donors (Lipinski definition) is 0. The van der Waals surface area contributed by atoms with Gasteiger partial charge in [0.2, 0.25) is 0 Å². The van der Waals surface area contributed by atoms with Gasteiger partial charge in [-0.25, -0.2) is 0 Å². The zero-order valence-corrected chi connectivity index (χ0v) is 10.8. The van der Waals surface area contributed by atoms with E-state index in [0.717, 1.165) is 25.9 Å². The lowest BCUT2D eigenvalue weighted by atomic mass is 9.75. The highest BCUT2D eigenvalue weighted by Crippen LogP contribution is 2.33. The molecule has 1 heterocycles. The largest absolute Gasteiger partial charge is 0.297 e. The first-order chi connectivity index (χ1) is 7.62. The number of hydrogen-bond acceptors (Lipinski definition) is 2. The van der Waals surface area contributed by atoms with Crippen LogP contribution in [-0.4, -0.2) is 29.3 Å². The minimum atomic E-state index is -0.213. The molecule has 0 aromatic carbocycles. The second kappa shape index (κ2) is 4.87. The van der Waals surface area contributed by atoms with E-state index in [0.29, 0.717) is 11.7 Å². The van der Waals surface area contributed by atoms with E-state index >= 15 is 0 Å². The van der Waals surface area contributed by atoms with Crippen LogP contribution in [0, 0.1) is 5.92 Å². The molecule has 0 N–H and O–H groups in total. The summed E-state index contributed by atoms with van der Waals surface area (Å²) in [7, 11) is 0. The second-order valence-corrected chi connectivity index (χ2v) is 5.95. The molecule has 1 saturated heterocycles. The van der Waals surface area contributed by atoms with Crippen molar-refractivity contribution in [1.29, 1.82) is 0 Å². The number of rotatable bonds is 3. The van der Waals surface area contributed by atoms with Gasteiger partial charge < -0.3 is 0 Å². The summed E-state index contributed by atoms with van der Waals surface area (Å²) in [6.07, 6.45) is 8.73. The smallest absolute Gasteiger partial charge is 0.155 e. The third-order valence-electron chi connectivity index (χ3n) is 4.48. The lowest BCUT2D eigenvalue weighted by Gasteiger charge is -2.40. The van der Waals surface area contributed by atoms with Gasteiger partial charge >= 0.3 is 0 Å². The molecule has 1 aliphatic heterocycles. The number of carbonyl (C=O) groups is 1. The highest BCUT2D eigenvalue weighted by Gasteiger charge is 2.40. The van der Waals surface area contributed by atoms with Crippen molar-refractivity contribution in [3.63, 3.8) is 0 Å². The lowest BCUT2D eigenvalue weighted by molar-refractivity contribution is -0.136.